The summed E-state index contributed by atoms with van der Waals surface area (Å²) in [5.41, 5.74) is 3.10. The smallest absolute Gasteiger partial charge is 0.246 e. The fourth-order valence-electron chi connectivity index (χ4n) is 1.51. The Morgan fingerprint density at radius 3 is 2.33 bits per heavy atom. The van der Waals surface area contributed by atoms with Gasteiger partial charge in [-0.15, -0.1) is 0 Å². The lowest BCUT2D eigenvalue weighted by Gasteiger charge is -2.24. The molecule has 0 aromatic carbocycles. The summed E-state index contributed by atoms with van der Waals surface area (Å²) < 4.78 is 1.80. The van der Waals surface area contributed by atoms with Crippen molar-refractivity contribution in [3.8, 4) is 0 Å². The minimum atomic E-state index is -0.197. The van der Waals surface area contributed by atoms with E-state index in [2.05, 4.69) is 5.43 Å². The van der Waals surface area contributed by atoms with Gasteiger partial charge in [-0.25, -0.2) is 0 Å². The monoisotopic (exact) mass is 209 g/mol. The predicted molar refractivity (Wildman–Crippen MR) is 61.2 cm³/mol. The number of hydrogen-bond acceptors (Lipinski definition) is 2. The molecule has 1 atom stereocenters. The molecular formula is C11H19N3O. The Hall–Kier alpha value is -1.45. The second-order valence-electron chi connectivity index (χ2n) is 3.45. The zero-order chi connectivity index (χ0) is 11.3. The first-order chi connectivity index (χ1) is 7.19. The van der Waals surface area contributed by atoms with Gasteiger partial charge in [-0.2, -0.15) is 0 Å². The normalized spacial score (nSPS) is 12.2. The van der Waals surface area contributed by atoms with Crippen molar-refractivity contribution in [2.45, 2.75) is 26.8 Å². The predicted octanol–water partition coefficient (Wildman–Crippen LogP) is 1.29. The third kappa shape index (κ3) is 3.01. The number of nitrogens with one attached hydrogen (secondary N) is 1. The van der Waals surface area contributed by atoms with Gasteiger partial charge >= 0.3 is 0 Å². The highest BCUT2D eigenvalue weighted by atomic mass is 16.2. The lowest BCUT2D eigenvalue weighted by atomic mass is 10.3. The largest absolute Gasteiger partial charge is 0.341 e. The average molecular weight is 209 g/mol. The fraction of sp³-hybridized carbons (Fsp3) is 0.545. The van der Waals surface area contributed by atoms with E-state index >= 15 is 0 Å². The van der Waals surface area contributed by atoms with Gasteiger partial charge in [-0.05, 0) is 32.9 Å². The summed E-state index contributed by atoms with van der Waals surface area (Å²) in [5, 5.41) is 0. The molecule has 1 unspecified atom stereocenters. The second-order valence-corrected chi connectivity index (χ2v) is 3.45. The number of likely N-dealkylation sites (N-methyl/N-ethyl adjacent to an activating group) is 1. The standard InChI is InChI=1S/C11H19N3O/c1-4-13(5-2)11(15)10(3)12-14-8-6-7-9-14/h6-10,12H,4-5H2,1-3H3. The molecule has 4 heteroatoms. The summed E-state index contributed by atoms with van der Waals surface area (Å²) in [6.07, 6.45) is 3.76. The topological polar surface area (TPSA) is 37.3 Å². The highest BCUT2D eigenvalue weighted by molar-refractivity contribution is 5.82. The number of hydrogen-bond donors (Lipinski definition) is 1. The van der Waals surface area contributed by atoms with E-state index < -0.39 is 0 Å². The lowest BCUT2D eigenvalue weighted by Crippen LogP contribution is -2.43. The number of rotatable bonds is 5. The maximum atomic E-state index is 11.9. The van der Waals surface area contributed by atoms with E-state index in [9.17, 15) is 4.79 Å². The molecule has 0 aliphatic rings. The number of carbonyl (C=O) groups is 1. The summed E-state index contributed by atoms with van der Waals surface area (Å²) >= 11 is 0. The molecule has 84 valence electrons. The van der Waals surface area contributed by atoms with Crippen LogP contribution in [0.15, 0.2) is 24.5 Å². The highest BCUT2D eigenvalue weighted by Gasteiger charge is 2.17. The molecule has 0 fully saturated rings. The summed E-state index contributed by atoms with van der Waals surface area (Å²) in [6.45, 7) is 7.37. The third-order valence-corrected chi connectivity index (χ3v) is 2.39. The molecule has 0 saturated heterocycles. The van der Waals surface area contributed by atoms with Crippen LogP contribution in [-0.4, -0.2) is 34.6 Å². The number of nitrogens with zero attached hydrogens (tertiary/aromatic N) is 2. The summed E-state index contributed by atoms with van der Waals surface area (Å²) in [5.74, 6) is 0.133. The van der Waals surface area contributed by atoms with Gasteiger partial charge < -0.3 is 10.3 Å². The molecule has 0 saturated carbocycles. The maximum absolute atomic E-state index is 11.9. The van der Waals surface area contributed by atoms with Crippen molar-refractivity contribution in [2.75, 3.05) is 18.5 Å². The summed E-state index contributed by atoms with van der Waals surface area (Å²) in [7, 11) is 0. The molecule has 15 heavy (non-hydrogen) atoms. The van der Waals surface area contributed by atoms with Crippen molar-refractivity contribution in [3.05, 3.63) is 24.5 Å². The molecule has 1 N–H and O–H groups in total. The molecule has 0 bridgehead atoms. The Morgan fingerprint density at radius 2 is 1.87 bits per heavy atom. The van der Waals surface area contributed by atoms with Crippen LogP contribution in [0.4, 0.5) is 0 Å². The first kappa shape index (κ1) is 11.6. The zero-order valence-electron chi connectivity index (χ0n) is 9.60. The first-order valence-electron chi connectivity index (χ1n) is 5.37. The lowest BCUT2D eigenvalue weighted by molar-refractivity contribution is -0.131. The van der Waals surface area contributed by atoms with Gasteiger partial charge in [0, 0.05) is 25.5 Å². The Balaban J connectivity index is 2.53. The van der Waals surface area contributed by atoms with Crippen molar-refractivity contribution >= 4 is 5.91 Å². The first-order valence-corrected chi connectivity index (χ1v) is 5.37. The fourth-order valence-corrected chi connectivity index (χ4v) is 1.51. The van der Waals surface area contributed by atoms with Crippen molar-refractivity contribution in [3.63, 3.8) is 0 Å². The van der Waals surface area contributed by atoms with E-state index in [0.717, 1.165) is 13.1 Å². The Kier molecular flexibility index (Phi) is 4.21. The van der Waals surface area contributed by atoms with E-state index in [1.807, 2.05) is 50.2 Å². The van der Waals surface area contributed by atoms with Crippen molar-refractivity contribution in [1.82, 2.24) is 9.58 Å². The van der Waals surface area contributed by atoms with Crippen LogP contribution in [0.2, 0.25) is 0 Å². The van der Waals surface area contributed by atoms with E-state index in [4.69, 9.17) is 0 Å². The molecule has 1 aromatic heterocycles. The average Bonchev–Trinajstić information content (AvgIpc) is 2.72. The van der Waals surface area contributed by atoms with Gasteiger partial charge in [0.05, 0.1) is 0 Å². The van der Waals surface area contributed by atoms with Gasteiger partial charge in [0.15, 0.2) is 0 Å². The molecule has 1 rings (SSSR count). The van der Waals surface area contributed by atoms with Gasteiger partial charge in [-0.3, -0.25) is 9.47 Å². The van der Waals surface area contributed by atoms with Crippen molar-refractivity contribution < 1.29 is 4.79 Å². The van der Waals surface area contributed by atoms with E-state index in [-0.39, 0.29) is 11.9 Å². The number of carbonyl (C=O) groups excluding carboxylic acids is 1. The van der Waals surface area contributed by atoms with Crippen molar-refractivity contribution in [1.29, 1.82) is 0 Å². The molecule has 0 aliphatic heterocycles. The molecule has 1 aromatic rings. The van der Waals surface area contributed by atoms with Crippen LogP contribution in [0.5, 0.6) is 0 Å². The molecule has 1 amide bonds. The van der Waals surface area contributed by atoms with Crippen molar-refractivity contribution in [2.24, 2.45) is 0 Å². The van der Waals surface area contributed by atoms with Crippen LogP contribution in [0.3, 0.4) is 0 Å². The van der Waals surface area contributed by atoms with Gasteiger partial charge in [0.1, 0.15) is 6.04 Å². The van der Waals surface area contributed by atoms with Crippen LogP contribution in [-0.2, 0) is 4.79 Å². The molecule has 1 heterocycles. The van der Waals surface area contributed by atoms with E-state index in [1.54, 1.807) is 4.68 Å². The van der Waals surface area contributed by atoms with Crippen LogP contribution in [0, 0.1) is 0 Å². The van der Waals surface area contributed by atoms with Crippen LogP contribution in [0.1, 0.15) is 20.8 Å². The SMILES string of the molecule is CCN(CC)C(=O)C(C)Nn1cccc1. The molecule has 4 nitrogen and oxygen atoms in total. The molecule has 0 aliphatic carbocycles. The summed E-state index contributed by atoms with van der Waals surface area (Å²) in [6, 6.07) is 3.64. The molecule has 0 radical (unpaired) electrons. The van der Waals surface area contributed by atoms with Gasteiger partial charge in [0.25, 0.3) is 0 Å². The quantitative estimate of drug-likeness (QED) is 0.793. The van der Waals surface area contributed by atoms with Crippen LogP contribution >= 0.6 is 0 Å². The Bertz CT molecular complexity index is 291. The third-order valence-electron chi connectivity index (χ3n) is 2.39. The zero-order valence-corrected chi connectivity index (χ0v) is 9.60. The Labute approximate surface area is 90.8 Å². The Morgan fingerprint density at radius 1 is 1.33 bits per heavy atom. The van der Waals surface area contributed by atoms with Crippen LogP contribution in [0.25, 0.3) is 0 Å². The molecular weight excluding hydrogens is 190 g/mol. The minimum absolute atomic E-state index is 0.133. The second kappa shape index (κ2) is 5.44. The summed E-state index contributed by atoms with van der Waals surface area (Å²) in [4.78, 5) is 13.7. The van der Waals surface area contributed by atoms with E-state index in [0.29, 0.717) is 0 Å². The maximum Gasteiger partial charge on any atom is 0.246 e. The van der Waals surface area contributed by atoms with Gasteiger partial charge in [-0.1, -0.05) is 0 Å². The number of aromatic nitrogens is 1. The highest BCUT2D eigenvalue weighted by Crippen LogP contribution is 1.97. The molecule has 0 spiro atoms. The minimum Gasteiger partial charge on any atom is -0.341 e. The van der Waals surface area contributed by atoms with E-state index in [1.165, 1.54) is 0 Å². The number of amides is 1. The van der Waals surface area contributed by atoms with Gasteiger partial charge in [0.2, 0.25) is 5.91 Å². The van der Waals surface area contributed by atoms with Crippen LogP contribution < -0.4 is 5.43 Å².